The minimum Gasteiger partial charge on any atom is -0.339 e. The molecule has 0 spiro atoms. The zero-order valence-corrected chi connectivity index (χ0v) is 11.1. The fraction of sp³-hybridized carbons (Fsp3) is 0.357. The van der Waals surface area contributed by atoms with E-state index in [0.29, 0.717) is 5.92 Å². The Kier molecular flexibility index (Phi) is 4.26. The molecular formula is C14H18N2S. The molecule has 0 atom stereocenters. The summed E-state index contributed by atoms with van der Waals surface area (Å²) < 4.78 is 0. The SMILES string of the molecule is CC(C)Cc1c[nH]c(SCc2ccccc2)n1. The van der Waals surface area contributed by atoms with Crippen molar-refractivity contribution in [3.63, 3.8) is 0 Å². The van der Waals surface area contributed by atoms with E-state index in [4.69, 9.17) is 0 Å². The summed E-state index contributed by atoms with van der Waals surface area (Å²) in [4.78, 5) is 7.81. The average Bonchev–Trinajstić information content (AvgIpc) is 2.75. The van der Waals surface area contributed by atoms with E-state index in [1.807, 2.05) is 12.3 Å². The van der Waals surface area contributed by atoms with Crippen LogP contribution in [0.4, 0.5) is 0 Å². The maximum atomic E-state index is 4.57. The molecule has 2 aromatic rings. The Hall–Kier alpha value is -1.22. The first-order chi connectivity index (χ1) is 8.24. The van der Waals surface area contributed by atoms with Gasteiger partial charge < -0.3 is 4.98 Å². The molecule has 90 valence electrons. The van der Waals surface area contributed by atoms with Crippen molar-refractivity contribution in [2.24, 2.45) is 5.92 Å². The van der Waals surface area contributed by atoms with E-state index < -0.39 is 0 Å². The van der Waals surface area contributed by atoms with Gasteiger partial charge in [-0.1, -0.05) is 55.9 Å². The zero-order chi connectivity index (χ0) is 12.1. The third kappa shape index (κ3) is 3.93. The van der Waals surface area contributed by atoms with Crippen molar-refractivity contribution in [2.75, 3.05) is 0 Å². The number of hydrogen-bond donors (Lipinski definition) is 1. The van der Waals surface area contributed by atoms with Crippen LogP contribution in [0.2, 0.25) is 0 Å². The van der Waals surface area contributed by atoms with E-state index in [1.54, 1.807) is 11.8 Å². The molecule has 1 aromatic heterocycles. The predicted molar refractivity (Wildman–Crippen MR) is 73.1 cm³/mol. The smallest absolute Gasteiger partial charge is 0.165 e. The molecule has 17 heavy (non-hydrogen) atoms. The van der Waals surface area contributed by atoms with E-state index >= 15 is 0 Å². The highest BCUT2D eigenvalue weighted by Gasteiger charge is 2.04. The lowest BCUT2D eigenvalue weighted by molar-refractivity contribution is 0.635. The first kappa shape index (κ1) is 12.2. The molecule has 0 saturated heterocycles. The second kappa shape index (κ2) is 5.92. The summed E-state index contributed by atoms with van der Waals surface area (Å²) in [6, 6.07) is 10.5. The van der Waals surface area contributed by atoms with E-state index in [-0.39, 0.29) is 0 Å². The van der Waals surface area contributed by atoms with Gasteiger partial charge in [0, 0.05) is 11.9 Å². The van der Waals surface area contributed by atoms with Crippen molar-refractivity contribution in [3.8, 4) is 0 Å². The Labute approximate surface area is 107 Å². The standard InChI is InChI=1S/C14H18N2S/c1-11(2)8-13-9-15-14(16-13)17-10-12-6-4-3-5-7-12/h3-7,9,11H,8,10H2,1-2H3,(H,15,16). The molecule has 0 aliphatic rings. The lowest BCUT2D eigenvalue weighted by Gasteiger charge is -1.99. The fourth-order valence-corrected chi connectivity index (χ4v) is 2.48. The van der Waals surface area contributed by atoms with E-state index in [2.05, 4.69) is 48.1 Å². The molecule has 0 radical (unpaired) electrons. The van der Waals surface area contributed by atoms with Crippen molar-refractivity contribution in [3.05, 3.63) is 47.8 Å². The Morgan fingerprint density at radius 2 is 2.00 bits per heavy atom. The number of rotatable bonds is 5. The summed E-state index contributed by atoms with van der Waals surface area (Å²) in [7, 11) is 0. The minimum absolute atomic E-state index is 0.658. The van der Waals surface area contributed by atoms with Crippen molar-refractivity contribution < 1.29 is 0 Å². The van der Waals surface area contributed by atoms with Crippen LogP contribution in [0.1, 0.15) is 25.1 Å². The number of aromatic amines is 1. The summed E-state index contributed by atoms with van der Waals surface area (Å²) in [5, 5.41) is 1.02. The third-order valence-electron chi connectivity index (χ3n) is 2.44. The molecule has 3 heteroatoms. The number of thioether (sulfide) groups is 1. The van der Waals surface area contributed by atoms with Crippen LogP contribution in [0.15, 0.2) is 41.7 Å². The van der Waals surface area contributed by atoms with Gasteiger partial charge in [-0.2, -0.15) is 0 Å². The monoisotopic (exact) mass is 246 g/mol. The second-order valence-electron chi connectivity index (χ2n) is 4.57. The Bertz CT molecular complexity index is 448. The third-order valence-corrected chi connectivity index (χ3v) is 3.40. The number of aromatic nitrogens is 2. The Morgan fingerprint density at radius 3 is 2.71 bits per heavy atom. The minimum atomic E-state index is 0.658. The molecule has 1 N–H and O–H groups in total. The van der Waals surface area contributed by atoms with Crippen molar-refractivity contribution >= 4 is 11.8 Å². The molecule has 0 aliphatic carbocycles. The first-order valence-electron chi connectivity index (χ1n) is 5.95. The van der Waals surface area contributed by atoms with E-state index in [9.17, 15) is 0 Å². The van der Waals surface area contributed by atoms with E-state index in [1.165, 1.54) is 5.56 Å². The normalized spacial score (nSPS) is 11.0. The summed E-state index contributed by atoms with van der Waals surface area (Å²) in [6.45, 7) is 4.43. The van der Waals surface area contributed by atoms with Gasteiger partial charge in [-0.3, -0.25) is 0 Å². The van der Waals surface area contributed by atoms with Crippen LogP contribution >= 0.6 is 11.8 Å². The molecule has 0 fully saturated rings. The lowest BCUT2D eigenvalue weighted by Crippen LogP contribution is -1.93. The molecule has 2 nitrogen and oxygen atoms in total. The van der Waals surface area contributed by atoms with Gasteiger partial charge in [-0.05, 0) is 17.9 Å². The molecule has 0 aliphatic heterocycles. The van der Waals surface area contributed by atoms with Gasteiger partial charge in [-0.15, -0.1) is 0 Å². The van der Waals surface area contributed by atoms with Crippen LogP contribution in [0.25, 0.3) is 0 Å². The summed E-state index contributed by atoms with van der Waals surface area (Å²) >= 11 is 1.75. The Balaban J connectivity index is 1.89. The van der Waals surface area contributed by atoms with Crippen LogP contribution in [-0.2, 0) is 12.2 Å². The lowest BCUT2D eigenvalue weighted by atomic mass is 10.1. The summed E-state index contributed by atoms with van der Waals surface area (Å²) in [5.74, 6) is 1.63. The number of H-pyrrole nitrogens is 1. The predicted octanol–water partition coefficient (Wildman–Crippen LogP) is 3.90. The molecule has 1 heterocycles. The van der Waals surface area contributed by atoms with Crippen LogP contribution < -0.4 is 0 Å². The molecule has 0 saturated carbocycles. The van der Waals surface area contributed by atoms with Gasteiger partial charge in [-0.25, -0.2) is 4.98 Å². The summed E-state index contributed by atoms with van der Waals surface area (Å²) in [5.41, 5.74) is 2.50. The fourth-order valence-electron chi connectivity index (χ4n) is 1.66. The van der Waals surface area contributed by atoms with Crippen LogP contribution in [0.3, 0.4) is 0 Å². The Morgan fingerprint density at radius 1 is 1.24 bits per heavy atom. The average molecular weight is 246 g/mol. The quantitative estimate of drug-likeness (QED) is 0.811. The highest BCUT2D eigenvalue weighted by molar-refractivity contribution is 7.98. The number of imidazole rings is 1. The van der Waals surface area contributed by atoms with Gasteiger partial charge in [0.2, 0.25) is 0 Å². The number of nitrogens with zero attached hydrogens (tertiary/aromatic N) is 1. The molecule has 0 unspecified atom stereocenters. The molecule has 0 bridgehead atoms. The van der Waals surface area contributed by atoms with Crippen molar-refractivity contribution in [1.29, 1.82) is 0 Å². The zero-order valence-electron chi connectivity index (χ0n) is 10.3. The van der Waals surface area contributed by atoms with Gasteiger partial charge in [0.1, 0.15) is 0 Å². The van der Waals surface area contributed by atoms with Crippen molar-refractivity contribution in [1.82, 2.24) is 9.97 Å². The molecule has 0 amide bonds. The highest BCUT2D eigenvalue weighted by Crippen LogP contribution is 2.20. The van der Waals surface area contributed by atoms with Gasteiger partial charge in [0.05, 0.1) is 5.69 Å². The number of benzene rings is 1. The van der Waals surface area contributed by atoms with Gasteiger partial charge in [0.25, 0.3) is 0 Å². The highest BCUT2D eigenvalue weighted by atomic mass is 32.2. The van der Waals surface area contributed by atoms with Crippen LogP contribution in [0, 0.1) is 5.92 Å². The second-order valence-corrected chi connectivity index (χ2v) is 5.53. The van der Waals surface area contributed by atoms with Crippen LogP contribution in [0.5, 0.6) is 0 Å². The topological polar surface area (TPSA) is 28.7 Å². The summed E-state index contributed by atoms with van der Waals surface area (Å²) in [6.07, 6.45) is 3.07. The van der Waals surface area contributed by atoms with Gasteiger partial charge >= 0.3 is 0 Å². The van der Waals surface area contributed by atoms with E-state index in [0.717, 1.165) is 23.0 Å². The van der Waals surface area contributed by atoms with Crippen molar-refractivity contribution in [2.45, 2.75) is 31.2 Å². The molecule has 2 rings (SSSR count). The number of hydrogen-bond acceptors (Lipinski definition) is 2. The maximum absolute atomic E-state index is 4.57. The number of nitrogens with one attached hydrogen (secondary N) is 1. The first-order valence-corrected chi connectivity index (χ1v) is 6.93. The molecule has 1 aromatic carbocycles. The molecular weight excluding hydrogens is 228 g/mol. The van der Waals surface area contributed by atoms with Gasteiger partial charge in [0.15, 0.2) is 5.16 Å². The van der Waals surface area contributed by atoms with Crippen LogP contribution in [-0.4, -0.2) is 9.97 Å². The maximum Gasteiger partial charge on any atom is 0.165 e. The largest absolute Gasteiger partial charge is 0.339 e.